The summed E-state index contributed by atoms with van der Waals surface area (Å²) in [5, 5.41) is 0.0881. The molecule has 0 aliphatic rings. The third kappa shape index (κ3) is 4.00. The first-order valence-corrected chi connectivity index (χ1v) is 5.89. The second-order valence-electron chi connectivity index (χ2n) is 3.29. The summed E-state index contributed by atoms with van der Waals surface area (Å²) in [7, 11) is 1.63. The maximum absolute atomic E-state index is 10.7. The van der Waals surface area contributed by atoms with Gasteiger partial charge in [0.05, 0.1) is 18.4 Å². The zero-order valence-electron chi connectivity index (χ0n) is 9.66. The van der Waals surface area contributed by atoms with Gasteiger partial charge in [-0.1, -0.05) is 29.7 Å². The Morgan fingerprint density at radius 2 is 2.25 bits per heavy atom. The van der Waals surface area contributed by atoms with E-state index in [2.05, 4.69) is 11.8 Å². The summed E-state index contributed by atoms with van der Waals surface area (Å²) >= 11 is 1.21. The fraction of sp³-hybridized carbons (Fsp3) is 0.308. The first-order valence-electron chi connectivity index (χ1n) is 4.90. The molecule has 3 heteroatoms. The maximum atomic E-state index is 10.7. The van der Waals surface area contributed by atoms with Crippen molar-refractivity contribution in [3.63, 3.8) is 0 Å². The maximum Gasteiger partial charge on any atom is 0.186 e. The van der Waals surface area contributed by atoms with Crippen molar-refractivity contribution in [3.8, 4) is 17.6 Å². The average Bonchev–Trinajstić information content (AvgIpc) is 2.25. The van der Waals surface area contributed by atoms with E-state index in [0.717, 1.165) is 16.9 Å². The molecule has 1 rings (SSSR count). The van der Waals surface area contributed by atoms with Crippen LogP contribution in [0.2, 0.25) is 0 Å². The van der Waals surface area contributed by atoms with Crippen LogP contribution in [0.5, 0.6) is 5.75 Å². The number of aryl methyl sites for hydroxylation is 1. The number of methoxy groups -OCH3 is 1. The minimum absolute atomic E-state index is 0.0881. The summed E-state index contributed by atoms with van der Waals surface area (Å²) in [4.78, 5) is 10.7. The van der Waals surface area contributed by atoms with Gasteiger partial charge in [-0.25, -0.2) is 0 Å². The van der Waals surface area contributed by atoms with Gasteiger partial charge in [0.1, 0.15) is 5.75 Å². The van der Waals surface area contributed by atoms with Crippen LogP contribution in [0.15, 0.2) is 18.2 Å². The number of ether oxygens (including phenoxy) is 1. The van der Waals surface area contributed by atoms with Crippen LogP contribution in [-0.4, -0.2) is 18.0 Å². The van der Waals surface area contributed by atoms with Crippen LogP contribution in [0.4, 0.5) is 0 Å². The molecule has 1 aromatic carbocycles. The van der Waals surface area contributed by atoms with Crippen molar-refractivity contribution in [1.82, 2.24) is 0 Å². The van der Waals surface area contributed by atoms with Crippen molar-refractivity contribution in [2.24, 2.45) is 0 Å². The van der Waals surface area contributed by atoms with Gasteiger partial charge in [-0.3, -0.25) is 4.79 Å². The molecule has 0 aliphatic carbocycles. The molecule has 16 heavy (non-hydrogen) atoms. The highest BCUT2D eigenvalue weighted by Gasteiger charge is 1.99. The quantitative estimate of drug-likeness (QED) is 0.736. The lowest BCUT2D eigenvalue weighted by Gasteiger charge is -2.03. The van der Waals surface area contributed by atoms with Crippen LogP contribution < -0.4 is 4.74 Å². The molecule has 0 heterocycles. The topological polar surface area (TPSA) is 26.3 Å². The monoisotopic (exact) mass is 234 g/mol. The Bertz CT molecular complexity index is 441. The van der Waals surface area contributed by atoms with E-state index in [9.17, 15) is 4.79 Å². The molecule has 2 nitrogen and oxygen atoms in total. The van der Waals surface area contributed by atoms with E-state index < -0.39 is 0 Å². The van der Waals surface area contributed by atoms with Gasteiger partial charge in [0.15, 0.2) is 5.12 Å². The van der Waals surface area contributed by atoms with E-state index in [1.54, 1.807) is 14.0 Å². The van der Waals surface area contributed by atoms with Crippen molar-refractivity contribution in [2.45, 2.75) is 13.8 Å². The highest BCUT2D eigenvalue weighted by molar-refractivity contribution is 8.13. The predicted octanol–water partition coefficient (Wildman–Crippen LogP) is 2.63. The summed E-state index contributed by atoms with van der Waals surface area (Å²) in [6.07, 6.45) is 0. The number of rotatable bonds is 2. The first-order chi connectivity index (χ1) is 7.63. The fourth-order valence-corrected chi connectivity index (χ4v) is 1.52. The minimum Gasteiger partial charge on any atom is -0.495 e. The molecule has 0 aromatic heterocycles. The molecule has 0 N–H and O–H groups in total. The van der Waals surface area contributed by atoms with Crippen molar-refractivity contribution >= 4 is 16.9 Å². The average molecular weight is 234 g/mol. The third-order valence-corrected chi connectivity index (χ3v) is 2.62. The standard InChI is InChI=1S/C13H14O2S/c1-10-6-7-12(13(9-10)15-3)5-4-8-16-11(2)14/h6-7,9H,8H2,1-3H3. The van der Waals surface area contributed by atoms with E-state index in [0.29, 0.717) is 5.75 Å². The van der Waals surface area contributed by atoms with E-state index in [4.69, 9.17) is 4.74 Å². The van der Waals surface area contributed by atoms with Crippen molar-refractivity contribution < 1.29 is 9.53 Å². The Balaban J connectivity index is 2.76. The number of benzene rings is 1. The van der Waals surface area contributed by atoms with Crippen LogP contribution in [0.3, 0.4) is 0 Å². The molecule has 84 valence electrons. The SMILES string of the molecule is COc1cc(C)ccc1C#CCSC(C)=O. The molecular weight excluding hydrogens is 220 g/mol. The molecule has 0 bridgehead atoms. The summed E-state index contributed by atoms with van der Waals surface area (Å²) in [6.45, 7) is 3.55. The predicted molar refractivity (Wildman–Crippen MR) is 67.7 cm³/mol. The molecule has 0 radical (unpaired) electrons. The van der Waals surface area contributed by atoms with Gasteiger partial charge < -0.3 is 4.74 Å². The van der Waals surface area contributed by atoms with E-state index in [1.807, 2.05) is 25.1 Å². The Morgan fingerprint density at radius 1 is 1.50 bits per heavy atom. The van der Waals surface area contributed by atoms with Crippen LogP contribution in [0.1, 0.15) is 18.1 Å². The Morgan fingerprint density at radius 3 is 2.88 bits per heavy atom. The number of hydrogen-bond acceptors (Lipinski definition) is 3. The van der Waals surface area contributed by atoms with Gasteiger partial charge in [-0.15, -0.1) is 0 Å². The van der Waals surface area contributed by atoms with Crippen LogP contribution in [0.25, 0.3) is 0 Å². The molecular formula is C13H14O2S. The van der Waals surface area contributed by atoms with E-state index >= 15 is 0 Å². The molecule has 0 aliphatic heterocycles. The zero-order valence-corrected chi connectivity index (χ0v) is 10.5. The summed E-state index contributed by atoms with van der Waals surface area (Å²) in [5.74, 6) is 7.24. The Hall–Kier alpha value is -1.40. The Kier molecular flexibility index (Phi) is 4.94. The van der Waals surface area contributed by atoms with Gasteiger partial charge in [-0.05, 0) is 24.6 Å². The minimum atomic E-state index is 0.0881. The van der Waals surface area contributed by atoms with Gasteiger partial charge in [0.25, 0.3) is 0 Å². The highest BCUT2D eigenvalue weighted by Crippen LogP contribution is 2.18. The summed E-state index contributed by atoms with van der Waals surface area (Å²) < 4.78 is 5.23. The first kappa shape index (κ1) is 12.7. The number of hydrogen-bond donors (Lipinski definition) is 0. The van der Waals surface area contributed by atoms with Gasteiger partial charge in [-0.2, -0.15) is 0 Å². The molecule has 0 amide bonds. The molecule has 0 spiro atoms. The Labute approximate surface area is 100 Å². The summed E-state index contributed by atoms with van der Waals surface area (Å²) in [6, 6.07) is 5.87. The second kappa shape index (κ2) is 6.24. The molecule has 0 saturated heterocycles. The smallest absolute Gasteiger partial charge is 0.186 e. The van der Waals surface area contributed by atoms with Crippen molar-refractivity contribution in [2.75, 3.05) is 12.9 Å². The van der Waals surface area contributed by atoms with E-state index in [1.165, 1.54) is 11.8 Å². The fourth-order valence-electron chi connectivity index (χ4n) is 1.17. The van der Waals surface area contributed by atoms with Crippen molar-refractivity contribution in [1.29, 1.82) is 0 Å². The molecule has 0 fully saturated rings. The van der Waals surface area contributed by atoms with Crippen LogP contribution >= 0.6 is 11.8 Å². The number of carbonyl (C=O) groups is 1. The largest absolute Gasteiger partial charge is 0.495 e. The van der Waals surface area contributed by atoms with Gasteiger partial charge in [0.2, 0.25) is 0 Å². The molecule has 0 atom stereocenters. The lowest BCUT2D eigenvalue weighted by Crippen LogP contribution is -1.89. The van der Waals surface area contributed by atoms with Crippen molar-refractivity contribution in [3.05, 3.63) is 29.3 Å². The normalized spacial score (nSPS) is 9.19. The highest BCUT2D eigenvalue weighted by atomic mass is 32.2. The van der Waals surface area contributed by atoms with Crippen LogP contribution in [0, 0.1) is 18.8 Å². The van der Waals surface area contributed by atoms with Gasteiger partial charge in [0, 0.05) is 6.92 Å². The molecule has 1 aromatic rings. The second-order valence-corrected chi connectivity index (χ2v) is 4.44. The lowest BCUT2D eigenvalue weighted by molar-refractivity contribution is -0.109. The summed E-state index contributed by atoms with van der Waals surface area (Å²) in [5.41, 5.74) is 2.00. The van der Waals surface area contributed by atoms with Gasteiger partial charge >= 0.3 is 0 Å². The molecule has 0 unspecified atom stereocenters. The van der Waals surface area contributed by atoms with E-state index in [-0.39, 0.29) is 5.12 Å². The zero-order chi connectivity index (χ0) is 12.0. The number of carbonyl (C=O) groups excluding carboxylic acids is 1. The third-order valence-electron chi connectivity index (χ3n) is 1.93. The number of thioether (sulfide) groups is 1. The molecule has 0 saturated carbocycles. The lowest BCUT2D eigenvalue weighted by atomic mass is 10.1. The van der Waals surface area contributed by atoms with Crippen LogP contribution in [-0.2, 0) is 4.79 Å².